The molecular formula is C24H23Cl2FN4O4. The summed E-state index contributed by atoms with van der Waals surface area (Å²) in [6, 6.07) is 9.48. The molecule has 2 aliphatic rings. The number of aromatic nitrogens is 2. The SMILES string of the molecule is O=C(COc1ccc(Cl)c(F)c1)N[C@H]1CC[C@H](c2nnc([C@@H]3CNc4cc(Cl)ccc4O3)o2)CC1. The largest absolute Gasteiger partial charge is 0.484 e. The summed E-state index contributed by atoms with van der Waals surface area (Å²) < 4.78 is 30.8. The van der Waals surface area contributed by atoms with Crippen LogP contribution in [0.3, 0.4) is 0 Å². The van der Waals surface area contributed by atoms with Gasteiger partial charge in [-0.15, -0.1) is 10.2 Å². The number of carbonyl (C=O) groups excluding carboxylic acids is 1. The predicted molar refractivity (Wildman–Crippen MR) is 128 cm³/mol. The highest BCUT2D eigenvalue weighted by atomic mass is 35.5. The molecule has 0 radical (unpaired) electrons. The number of halogens is 3. The molecule has 35 heavy (non-hydrogen) atoms. The number of hydrogen-bond acceptors (Lipinski definition) is 7. The summed E-state index contributed by atoms with van der Waals surface area (Å²) in [5.74, 6) is 1.23. The third-order valence-corrected chi connectivity index (χ3v) is 6.66. The van der Waals surface area contributed by atoms with Crippen LogP contribution in [0.15, 0.2) is 40.8 Å². The van der Waals surface area contributed by atoms with Gasteiger partial charge in [0.1, 0.15) is 17.3 Å². The zero-order valence-corrected chi connectivity index (χ0v) is 20.1. The first-order valence-electron chi connectivity index (χ1n) is 11.3. The fourth-order valence-electron chi connectivity index (χ4n) is 4.29. The standard InChI is InChI=1S/C24H23Cl2FN4O4/c25-14-3-8-20-19(9-14)28-11-21(34-20)24-31-30-23(35-24)13-1-4-15(5-2-13)29-22(32)12-33-16-6-7-17(26)18(27)10-16/h3,6-10,13,15,21,28H,1-2,4-5,11-12H2,(H,29,32)/t13-,15-,21-/m0/s1. The lowest BCUT2D eigenvalue weighted by Crippen LogP contribution is -2.39. The molecule has 1 atom stereocenters. The molecule has 11 heteroatoms. The molecule has 2 N–H and O–H groups in total. The fraction of sp³-hybridized carbons (Fsp3) is 0.375. The van der Waals surface area contributed by atoms with Crippen LogP contribution in [0.25, 0.3) is 0 Å². The number of anilines is 1. The van der Waals surface area contributed by atoms with Crippen molar-refractivity contribution in [2.75, 3.05) is 18.5 Å². The summed E-state index contributed by atoms with van der Waals surface area (Å²) in [4.78, 5) is 12.2. The normalized spacial score (nSPS) is 21.4. The van der Waals surface area contributed by atoms with Crippen molar-refractivity contribution in [1.82, 2.24) is 15.5 Å². The number of fused-ring (bicyclic) bond motifs is 1. The summed E-state index contributed by atoms with van der Waals surface area (Å²) >= 11 is 11.7. The molecule has 1 aromatic heterocycles. The lowest BCUT2D eigenvalue weighted by Gasteiger charge is -2.27. The van der Waals surface area contributed by atoms with Gasteiger partial charge in [-0.1, -0.05) is 23.2 Å². The van der Waals surface area contributed by atoms with Crippen LogP contribution in [0.2, 0.25) is 10.0 Å². The molecule has 0 unspecified atom stereocenters. The number of rotatable bonds is 6. The van der Waals surface area contributed by atoms with Gasteiger partial charge < -0.3 is 24.5 Å². The van der Waals surface area contributed by atoms with Gasteiger partial charge in [0.25, 0.3) is 11.8 Å². The van der Waals surface area contributed by atoms with Crippen molar-refractivity contribution in [3.63, 3.8) is 0 Å². The van der Waals surface area contributed by atoms with Crippen molar-refractivity contribution in [3.05, 3.63) is 64.0 Å². The first kappa shape index (κ1) is 23.7. The van der Waals surface area contributed by atoms with E-state index in [2.05, 4.69) is 20.8 Å². The third kappa shape index (κ3) is 5.62. The first-order chi connectivity index (χ1) is 16.9. The van der Waals surface area contributed by atoms with Crippen LogP contribution in [0.1, 0.15) is 49.5 Å². The summed E-state index contributed by atoms with van der Waals surface area (Å²) in [5, 5.41) is 15.4. The molecule has 8 nitrogen and oxygen atoms in total. The highest BCUT2D eigenvalue weighted by Crippen LogP contribution is 2.37. The van der Waals surface area contributed by atoms with E-state index in [1.54, 1.807) is 6.07 Å². The fourth-order valence-corrected chi connectivity index (χ4v) is 4.58. The van der Waals surface area contributed by atoms with Gasteiger partial charge in [0.2, 0.25) is 5.89 Å². The summed E-state index contributed by atoms with van der Waals surface area (Å²) in [7, 11) is 0. The molecular weight excluding hydrogens is 498 g/mol. The van der Waals surface area contributed by atoms with Crippen LogP contribution in [-0.2, 0) is 4.79 Å². The van der Waals surface area contributed by atoms with Crippen LogP contribution < -0.4 is 20.1 Å². The molecule has 1 amide bonds. The molecule has 1 aliphatic carbocycles. The number of ether oxygens (including phenoxy) is 2. The Balaban J connectivity index is 1.09. The van der Waals surface area contributed by atoms with E-state index in [4.69, 9.17) is 37.1 Å². The van der Waals surface area contributed by atoms with Gasteiger partial charge in [-0.2, -0.15) is 0 Å². The smallest absolute Gasteiger partial charge is 0.258 e. The number of hydrogen-bond donors (Lipinski definition) is 2. The highest BCUT2D eigenvalue weighted by molar-refractivity contribution is 6.31. The zero-order chi connectivity index (χ0) is 24.4. The maximum atomic E-state index is 13.5. The lowest BCUT2D eigenvalue weighted by molar-refractivity contribution is -0.124. The van der Waals surface area contributed by atoms with Crippen molar-refractivity contribution in [1.29, 1.82) is 0 Å². The Morgan fingerprint density at radius 1 is 1.11 bits per heavy atom. The number of nitrogens with one attached hydrogen (secondary N) is 2. The Hall–Kier alpha value is -3.04. The Morgan fingerprint density at radius 3 is 2.71 bits per heavy atom. The number of amides is 1. The maximum absolute atomic E-state index is 13.5. The Morgan fingerprint density at radius 2 is 1.91 bits per heavy atom. The molecule has 0 saturated heterocycles. The number of carbonyl (C=O) groups is 1. The average molecular weight is 521 g/mol. The molecule has 2 aromatic carbocycles. The van der Waals surface area contributed by atoms with Crippen LogP contribution in [0.5, 0.6) is 11.5 Å². The predicted octanol–water partition coefficient (Wildman–Crippen LogP) is 5.28. The topological polar surface area (TPSA) is 98.5 Å². The highest BCUT2D eigenvalue weighted by Gasteiger charge is 2.30. The van der Waals surface area contributed by atoms with Crippen molar-refractivity contribution in [2.45, 2.75) is 43.7 Å². The third-order valence-electron chi connectivity index (χ3n) is 6.12. The molecule has 1 aliphatic heterocycles. The van der Waals surface area contributed by atoms with E-state index in [1.165, 1.54) is 12.1 Å². The van der Waals surface area contributed by atoms with Crippen LogP contribution in [-0.4, -0.2) is 35.3 Å². The van der Waals surface area contributed by atoms with Crippen molar-refractivity contribution in [3.8, 4) is 11.5 Å². The Labute approximate surface area is 211 Å². The van der Waals surface area contributed by atoms with Crippen LogP contribution >= 0.6 is 23.2 Å². The van der Waals surface area contributed by atoms with E-state index in [0.717, 1.165) is 37.4 Å². The minimum absolute atomic E-state index is 0.00514. The summed E-state index contributed by atoms with van der Waals surface area (Å²) in [5.41, 5.74) is 0.833. The first-order valence-corrected chi connectivity index (χ1v) is 12.1. The Bertz CT molecular complexity index is 1220. The molecule has 0 bridgehead atoms. The van der Waals surface area contributed by atoms with Crippen molar-refractivity contribution >= 4 is 34.8 Å². The van der Waals surface area contributed by atoms with Crippen molar-refractivity contribution < 1.29 is 23.1 Å². The van der Waals surface area contributed by atoms with E-state index < -0.39 is 5.82 Å². The van der Waals surface area contributed by atoms with Gasteiger partial charge in [-0.05, 0) is 56.0 Å². The van der Waals surface area contributed by atoms with E-state index in [-0.39, 0.29) is 41.3 Å². The van der Waals surface area contributed by atoms with Gasteiger partial charge in [0.15, 0.2) is 12.7 Å². The van der Waals surface area contributed by atoms with Gasteiger partial charge in [0.05, 0.1) is 17.3 Å². The summed E-state index contributed by atoms with van der Waals surface area (Å²) in [6.07, 6.45) is 2.79. The van der Waals surface area contributed by atoms with Gasteiger partial charge >= 0.3 is 0 Å². The minimum Gasteiger partial charge on any atom is -0.484 e. The van der Waals surface area contributed by atoms with Gasteiger partial charge in [-0.25, -0.2) is 4.39 Å². The monoisotopic (exact) mass is 520 g/mol. The molecule has 184 valence electrons. The minimum atomic E-state index is -0.590. The molecule has 1 fully saturated rings. The molecule has 3 aromatic rings. The molecule has 1 saturated carbocycles. The van der Waals surface area contributed by atoms with Gasteiger partial charge in [0, 0.05) is 23.0 Å². The Kier molecular flexibility index (Phi) is 6.97. The van der Waals surface area contributed by atoms with E-state index >= 15 is 0 Å². The van der Waals surface area contributed by atoms with E-state index in [0.29, 0.717) is 29.1 Å². The quantitative estimate of drug-likeness (QED) is 0.455. The van der Waals surface area contributed by atoms with E-state index in [9.17, 15) is 9.18 Å². The average Bonchev–Trinajstić information content (AvgIpc) is 3.35. The number of benzene rings is 2. The lowest BCUT2D eigenvalue weighted by atomic mass is 9.86. The molecule has 5 rings (SSSR count). The van der Waals surface area contributed by atoms with Crippen LogP contribution in [0, 0.1) is 5.82 Å². The van der Waals surface area contributed by atoms with Gasteiger partial charge in [-0.3, -0.25) is 4.79 Å². The second kappa shape index (κ2) is 10.3. The van der Waals surface area contributed by atoms with E-state index in [1.807, 2.05) is 12.1 Å². The molecule has 2 heterocycles. The van der Waals surface area contributed by atoms with Crippen LogP contribution in [0.4, 0.5) is 10.1 Å². The molecule has 0 spiro atoms. The maximum Gasteiger partial charge on any atom is 0.258 e. The summed E-state index contributed by atoms with van der Waals surface area (Å²) in [6.45, 7) is 0.303. The van der Waals surface area contributed by atoms with Crippen molar-refractivity contribution in [2.24, 2.45) is 0 Å². The second-order valence-electron chi connectivity index (χ2n) is 8.59. The zero-order valence-electron chi connectivity index (χ0n) is 18.6. The number of nitrogens with zero attached hydrogens (tertiary/aromatic N) is 2. The second-order valence-corrected chi connectivity index (χ2v) is 9.43.